The first-order valence-corrected chi connectivity index (χ1v) is 8.55. The van der Waals surface area contributed by atoms with Crippen molar-refractivity contribution in [2.45, 2.75) is 52.4 Å². The minimum Gasteiger partial charge on any atom is -0.396 e. The molecule has 1 aromatic heterocycles. The van der Waals surface area contributed by atoms with E-state index in [0.29, 0.717) is 12.2 Å². The van der Waals surface area contributed by atoms with Crippen LogP contribution in [-0.4, -0.2) is 40.6 Å². The summed E-state index contributed by atoms with van der Waals surface area (Å²) in [7, 11) is 0. The second-order valence-electron chi connectivity index (χ2n) is 7.17. The van der Waals surface area contributed by atoms with Crippen molar-refractivity contribution >= 4 is 17.2 Å². The van der Waals surface area contributed by atoms with E-state index >= 15 is 0 Å². The van der Waals surface area contributed by atoms with E-state index in [4.69, 9.17) is 0 Å². The van der Waals surface area contributed by atoms with Crippen LogP contribution in [0.25, 0.3) is 0 Å². The molecule has 0 aliphatic carbocycles. The minimum absolute atomic E-state index is 0.00757. The van der Waals surface area contributed by atoms with Crippen LogP contribution in [0.5, 0.6) is 0 Å². The van der Waals surface area contributed by atoms with Crippen molar-refractivity contribution in [1.29, 1.82) is 0 Å². The van der Waals surface area contributed by atoms with Gasteiger partial charge in [-0.05, 0) is 12.8 Å². The van der Waals surface area contributed by atoms with Gasteiger partial charge in [0.25, 0.3) is 5.91 Å². The van der Waals surface area contributed by atoms with E-state index in [1.807, 2.05) is 10.3 Å². The zero-order valence-electron chi connectivity index (χ0n) is 13.5. The standard InChI is InChI=1S/C16H26N2O2S/c1-5-6-16(11-19)7-8-18(10-16)13(20)12-9-21-14(17-12)15(2,3)4/h9,19H,5-8,10-11H2,1-4H3. The monoisotopic (exact) mass is 310 g/mol. The van der Waals surface area contributed by atoms with E-state index < -0.39 is 0 Å². The number of rotatable bonds is 4. The number of likely N-dealkylation sites (tertiary alicyclic amines) is 1. The van der Waals surface area contributed by atoms with Gasteiger partial charge in [0, 0.05) is 29.3 Å². The van der Waals surface area contributed by atoms with Crippen molar-refractivity contribution < 1.29 is 9.90 Å². The molecule has 1 aromatic rings. The summed E-state index contributed by atoms with van der Waals surface area (Å²) in [5, 5.41) is 12.5. The van der Waals surface area contributed by atoms with Crippen LogP contribution in [0.3, 0.4) is 0 Å². The maximum atomic E-state index is 12.6. The fourth-order valence-corrected chi connectivity index (χ4v) is 3.81. The Labute approximate surface area is 131 Å². The molecular weight excluding hydrogens is 284 g/mol. The van der Waals surface area contributed by atoms with Gasteiger partial charge >= 0.3 is 0 Å². The summed E-state index contributed by atoms with van der Waals surface area (Å²) in [6.45, 7) is 9.98. The van der Waals surface area contributed by atoms with Gasteiger partial charge in [0.15, 0.2) is 0 Å². The van der Waals surface area contributed by atoms with Crippen LogP contribution in [-0.2, 0) is 5.41 Å². The minimum atomic E-state index is -0.104. The molecule has 2 heterocycles. The molecule has 1 N–H and O–H groups in total. The molecule has 1 atom stereocenters. The van der Waals surface area contributed by atoms with E-state index in [1.54, 1.807) is 11.3 Å². The number of aromatic nitrogens is 1. The third kappa shape index (κ3) is 3.46. The Morgan fingerprint density at radius 1 is 1.52 bits per heavy atom. The summed E-state index contributed by atoms with van der Waals surface area (Å²) in [6.07, 6.45) is 2.89. The van der Waals surface area contributed by atoms with Crippen molar-refractivity contribution in [3.63, 3.8) is 0 Å². The van der Waals surface area contributed by atoms with Crippen LogP contribution in [0.1, 0.15) is 62.5 Å². The van der Waals surface area contributed by atoms with Gasteiger partial charge in [0.05, 0.1) is 11.6 Å². The van der Waals surface area contributed by atoms with Gasteiger partial charge in [-0.3, -0.25) is 4.79 Å². The molecule has 2 rings (SSSR count). The topological polar surface area (TPSA) is 53.4 Å². The van der Waals surface area contributed by atoms with Gasteiger partial charge in [-0.2, -0.15) is 0 Å². The first kappa shape index (κ1) is 16.4. The predicted octanol–water partition coefficient (Wildman–Crippen LogP) is 3.07. The molecule has 1 amide bonds. The summed E-state index contributed by atoms with van der Waals surface area (Å²) in [4.78, 5) is 18.9. The van der Waals surface area contributed by atoms with Gasteiger partial charge in [0.2, 0.25) is 0 Å². The molecule has 0 saturated carbocycles. The van der Waals surface area contributed by atoms with E-state index in [1.165, 1.54) is 0 Å². The summed E-state index contributed by atoms with van der Waals surface area (Å²) in [6, 6.07) is 0. The highest BCUT2D eigenvalue weighted by Gasteiger charge is 2.39. The Balaban J connectivity index is 2.10. The highest BCUT2D eigenvalue weighted by atomic mass is 32.1. The van der Waals surface area contributed by atoms with Gasteiger partial charge in [0.1, 0.15) is 5.69 Å². The Bertz CT molecular complexity index is 507. The molecule has 1 aliphatic heterocycles. The number of hydrogen-bond acceptors (Lipinski definition) is 4. The number of nitrogens with zero attached hydrogens (tertiary/aromatic N) is 2. The summed E-state index contributed by atoms with van der Waals surface area (Å²) in [5.41, 5.74) is 0.425. The van der Waals surface area contributed by atoms with Crippen molar-refractivity contribution in [2.75, 3.05) is 19.7 Å². The van der Waals surface area contributed by atoms with Crippen LogP contribution in [0, 0.1) is 5.41 Å². The third-order valence-electron chi connectivity index (χ3n) is 4.21. The summed E-state index contributed by atoms with van der Waals surface area (Å²) in [5.74, 6) is 0.00757. The number of aliphatic hydroxyl groups is 1. The number of hydrogen-bond donors (Lipinski definition) is 1. The van der Waals surface area contributed by atoms with Gasteiger partial charge in [-0.1, -0.05) is 34.1 Å². The Morgan fingerprint density at radius 3 is 2.76 bits per heavy atom. The number of aliphatic hydroxyl groups excluding tert-OH is 1. The normalized spacial score (nSPS) is 22.8. The maximum absolute atomic E-state index is 12.6. The van der Waals surface area contributed by atoms with Crippen molar-refractivity contribution in [3.05, 3.63) is 16.1 Å². The van der Waals surface area contributed by atoms with Crippen molar-refractivity contribution in [2.24, 2.45) is 5.41 Å². The highest BCUT2D eigenvalue weighted by Crippen LogP contribution is 2.35. The predicted molar refractivity (Wildman–Crippen MR) is 85.8 cm³/mol. The van der Waals surface area contributed by atoms with E-state index in [9.17, 15) is 9.90 Å². The zero-order chi connectivity index (χ0) is 15.7. The van der Waals surface area contributed by atoms with Crippen LogP contribution in [0.15, 0.2) is 5.38 Å². The van der Waals surface area contributed by atoms with E-state index in [2.05, 4.69) is 32.7 Å². The first-order chi connectivity index (χ1) is 9.81. The van der Waals surface area contributed by atoms with E-state index in [-0.39, 0.29) is 23.3 Å². The molecule has 0 aromatic carbocycles. The second kappa shape index (κ2) is 6.05. The lowest BCUT2D eigenvalue weighted by molar-refractivity contribution is 0.0724. The van der Waals surface area contributed by atoms with E-state index in [0.717, 1.165) is 30.8 Å². The molecule has 1 saturated heterocycles. The number of carbonyl (C=O) groups is 1. The van der Waals surface area contributed by atoms with Gasteiger partial charge < -0.3 is 10.0 Å². The highest BCUT2D eigenvalue weighted by molar-refractivity contribution is 7.10. The molecule has 4 nitrogen and oxygen atoms in total. The largest absolute Gasteiger partial charge is 0.396 e. The Kier molecular flexibility index (Phi) is 4.73. The summed E-state index contributed by atoms with van der Waals surface area (Å²) >= 11 is 1.55. The molecular formula is C16H26N2O2S. The maximum Gasteiger partial charge on any atom is 0.273 e. The third-order valence-corrected chi connectivity index (χ3v) is 5.47. The second-order valence-corrected chi connectivity index (χ2v) is 8.03. The fourth-order valence-electron chi connectivity index (χ4n) is 2.93. The van der Waals surface area contributed by atoms with Crippen molar-refractivity contribution in [3.8, 4) is 0 Å². The molecule has 118 valence electrons. The molecule has 0 bridgehead atoms. The van der Waals surface area contributed by atoms with Crippen LogP contribution in [0.4, 0.5) is 0 Å². The van der Waals surface area contributed by atoms with Gasteiger partial charge in [-0.15, -0.1) is 11.3 Å². The quantitative estimate of drug-likeness (QED) is 0.930. The Morgan fingerprint density at radius 2 is 2.24 bits per heavy atom. The van der Waals surface area contributed by atoms with Crippen LogP contribution < -0.4 is 0 Å². The van der Waals surface area contributed by atoms with Crippen LogP contribution >= 0.6 is 11.3 Å². The molecule has 0 spiro atoms. The molecule has 5 heteroatoms. The molecule has 1 fully saturated rings. The summed E-state index contributed by atoms with van der Waals surface area (Å²) < 4.78 is 0. The Hall–Kier alpha value is -0.940. The number of amides is 1. The molecule has 1 unspecified atom stereocenters. The number of thiazole rings is 1. The zero-order valence-corrected chi connectivity index (χ0v) is 14.3. The SMILES string of the molecule is CCCC1(CO)CCN(C(=O)c2csc(C(C)(C)C)n2)C1. The average Bonchev–Trinajstić information content (AvgIpc) is 3.05. The fraction of sp³-hybridized carbons (Fsp3) is 0.750. The molecule has 0 radical (unpaired) electrons. The number of carbonyl (C=O) groups excluding carboxylic acids is 1. The lowest BCUT2D eigenvalue weighted by Crippen LogP contribution is -2.34. The average molecular weight is 310 g/mol. The lowest BCUT2D eigenvalue weighted by Gasteiger charge is -2.26. The molecule has 21 heavy (non-hydrogen) atoms. The van der Waals surface area contributed by atoms with Crippen LogP contribution in [0.2, 0.25) is 0 Å². The smallest absolute Gasteiger partial charge is 0.273 e. The molecule has 1 aliphatic rings. The van der Waals surface area contributed by atoms with Crippen molar-refractivity contribution in [1.82, 2.24) is 9.88 Å². The first-order valence-electron chi connectivity index (χ1n) is 7.67. The lowest BCUT2D eigenvalue weighted by atomic mass is 9.83. The van der Waals surface area contributed by atoms with Gasteiger partial charge in [-0.25, -0.2) is 4.98 Å².